The molecular formula is C27H32N2O5. The lowest BCUT2D eigenvalue weighted by molar-refractivity contribution is -0.141. The normalized spacial score (nSPS) is 18.2. The first-order valence-electron chi connectivity index (χ1n) is 12.0. The van der Waals surface area contributed by atoms with Gasteiger partial charge in [0.15, 0.2) is 0 Å². The Bertz CT molecular complexity index is 1020. The van der Waals surface area contributed by atoms with Gasteiger partial charge >= 0.3 is 12.1 Å². The lowest BCUT2D eigenvalue weighted by Gasteiger charge is -2.35. The number of hydrogen-bond donors (Lipinski definition) is 2. The van der Waals surface area contributed by atoms with Gasteiger partial charge in [-0.3, -0.25) is 9.59 Å². The quantitative estimate of drug-likeness (QED) is 0.638. The van der Waals surface area contributed by atoms with Gasteiger partial charge in [-0.15, -0.1) is 0 Å². The number of alkyl carbamates (subject to hydrolysis) is 1. The van der Waals surface area contributed by atoms with Crippen LogP contribution in [0.2, 0.25) is 0 Å². The molecule has 1 aliphatic heterocycles. The van der Waals surface area contributed by atoms with Gasteiger partial charge in [-0.25, -0.2) is 4.79 Å². The maximum absolute atomic E-state index is 13.2. The second-order valence-corrected chi connectivity index (χ2v) is 9.58. The Kier molecular flexibility index (Phi) is 7.20. The summed E-state index contributed by atoms with van der Waals surface area (Å²) in [7, 11) is 0. The highest BCUT2D eigenvalue weighted by Gasteiger charge is 2.34. The van der Waals surface area contributed by atoms with E-state index in [0.717, 1.165) is 35.1 Å². The number of rotatable bonds is 7. The second-order valence-electron chi connectivity index (χ2n) is 9.58. The van der Waals surface area contributed by atoms with Crippen molar-refractivity contribution < 1.29 is 24.2 Å². The summed E-state index contributed by atoms with van der Waals surface area (Å²) in [6.07, 6.45) is 0.991. The molecule has 180 valence electrons. The molecule has 1 heterocycles. The van der Waals surface area contributed by atoms with Crippen molar-refractivity contribution in [2.24, 2.45) is 11.8 Å². The van der Waals surface area contributed by atoms with E-state index in [1.165, 1.54) is 0 Å². The minimum Gasteiger partial charge on any atom is -0.481 e. The highest BCUT2D eigenvalue weighted by atomic mass is 16.5. The van der Waals surface area contributed by atoms with E-state index in [0.29, 0.717) is 13.1 Å². The molecule has 1 fully saturated rings. The Hall–Kier alpha value is -3.35. The zero-order valence-corrected chi connectivity index (χ0v) is 19.7. The molecule has 1 aliphatic carbocycles. The largest absolute Gasteiger partial charge is 0.481 e. The lowest BCUT2D eigenvalue weighted by Crippen LogP contribution is -2.53. The fraction of sp³-hybridized carbons (Fsp3) is 0.444. The number of aliphatic carboxylic acids is 1. The molecule has 0 bridgehead atoms. The number of carbonyl (C=O) groups excluding carboxylic acids is 2. The van der Waals surface area contributed by atoms with Crippen LogP contribution in [0.15, 0.2) is 48.5 Å². The first-order chi connectivity index (χ1) is 16.3. The molecule has 2 amide bonds. The van der Waals surface area contributed by atoms with Crippen molar-refractivity contribution in [1.82, 2.24) is 10.2 Å². The van der Waals surface area contributed by atoms with Gasteiger partial charge in [-0.05, 0) is 46.9 Å². The van der Waals surface area contributed by atoms with E-state index in [4.69, 9.17) is 9.84 Å². The van der Waals surface area contributed by atoms with Crippen molar-refractivity contribution in [3.63, 3.8) is 0 Å². The van der Waals surface area contributed by atoms with Crippen LogP contribution in [0.1, 0.15) is 50.2 Å². The molecule has 0 spiro atoms. The zero-order valence-electron chi connectivity index (χ0n) is 19.7. The van der Waals surface area contributed by atoms with Crippen LogP contribution in [0.3, 0.4) is 0 Å². The van der Waals surface area contributed by atoms with Crippen molar-refractivity contribution in [1.29, 1.82) is 0 Å². The molecule has 1 saturated heterocycles. The Balaban J connectivity index is 1.39. The molecular weight excluding hydrogens is 432 g/mol. The van der Waals surface area contributed by atoms with Crippen LogP contribution in [0, 0.1) is 11.8 Å². The molecule has 34 heavy (non-hydrogen) atoms. The van der Waals surface area contributed by atoms with Crippen LogP contribution in [0.4, 0.5) is 4.79 Å². The van der Waals surface area contributed by atoms with E-state index in [1.54, 1.807) is 4.90 Å². The van der Waals surface area contributed by atoms with E-state index >= 15 is 0 Å². The fourth-order valence-corrected chi connectivity index (χ4v) is 5.16. The molecule has 2 atom stereocenters. The number of ether oxygens (including phenoxy) is 1. The number of fused-ring (bicyclic) bond motifs is 3. The molecule has 7 nitrogen and oxygen atoms in total. The lowest BCUT2D eigenvalue weighted by atomic mass is 9.93. The third kappa shape index (κ3) is 5.08. The second kappa shape index (κ2) is 10.3. The SMILES string of the molecule is CC(C)[C@H](NC(=O)OCC1c2ccccc2-c2ccccc21)C(=O)N1CCCC(CC(=O)O)C1. The number of amides is 2. The predicted octanol–water partition coefficient (Wildman–Crippen LogP) is 4.26. The molecule has 2 aromatic rings. The van der Waals surface area contributed by atoms with Crippen molar-refractivity contribution in [2.45, 2.75) is 45.1 Å². The number of benzene rings is 2. The van der Waals surface area contributed by atoms with E-state index < -0.39 is 18.1 Å². The summed E-state index contributed by atoms with van der Waals surface area (Å²) in [4.78, 5) is 38.7. The maximum atomic E-state index is 13.2. The van der Waals surface area contributed by atoms with Crippen LogP contribution < -0.4 is 5.32 Å². The molecule has 0 aromatic heterocycles. The van der Waals surface area contributed by atoms with Gasteiger partial charge in [0.25, 0.3) is 0 Å². The summed E-state index contributed by atoms with van der Waals surface area (Å²) in [5.74, 6) is -1.27. The maximum Gasteiger partial charge on any atom is 0.407 e. The average molecular weight is 465 g/mol. The van der Waals surface area contributed by atoms with Crippen molar-refractivity contribution >= 4 is 18.0 Å². The first-order valence-corrected chi connectivity index (χ1v) is 12.0. The number of nitrogens with one attached hydrogen (secondary N) is 1. The highest BCUT2D eigenvalue weighted by Crippen LogP contribution is 2.44. The van der Waals surface area contributed by atoms with Gasteiger partial charge < -0.3 is 20.1 Å². The molecule has 1 unspecified atom stereocenters. The number of hydrogen-bond acceptors (Lipinski definition) is 4. The van der Waals surface area contributed by atoms with E-state index in [2.05, 4.69) is 29.6 Å². The Morgan fingerprint density at radius 2 is 1.68 bits per heavy atom. The van der Waals surface area contributed by atoms with Crippen LogP contribution in [0.25, 0.3) is 11.1 Å². The average Bonchev–Trinajstić information content (AvgIpc) is 3.14. The Labute approximate surface area is 200 Å². The van der Waals surface area contributed by atoms with Gasteiger partial charge in [0.2, 0.25) is 5.91 Å². The van der Waals surface area contributed by atoms with E-state index in [9.17, 15) is 14.4 Å². The fourth-order valence-electron chi connectivity index (χ4n) is 5.16. The first kappa shape index (κ1) is 23.8. The summed E-state index contributed by atoms with van der Waals surface area (Å²) < 4.78 is 5.63. The topological polar surface area (TPSA) is 95.9 Å². The van der Waals surface area contributed by atoms with E-state index in [-0.39, 0.29) is 36.7 Å². The summed E-state index contributed by atoms with van der Waals surface area (Å²) in [5.41, 5.74) is 4.57. The predicted molar refractivity (Wildman–Crippen MR) is 128 cm³/mol. The number of likely N-dealkylation sites (tertiary alicyclic amines) is 1. The summed E-state index contributed by atoms with van der Waals surface area (Å²) in [6, 6.07) is 15.5. The smallest absolute Gasteiger partial charge is 0.407 e. The van der Waals surface area contributed by atoms with Gasteiger partial charge in [-0.2, -0.15) is 0 Å². The summed E-state index contributed by atoms with van der Waals surface area (Å²) in [6.45, 7) is 4.92. The van der Waals surface area contributed by atoms with Crippen LogP contribution in [0.5, 0.6) is 0 Å². The van der Waals surface area contributed by atoms with E-state index in [1.807, 2.05) is 38.1 Å². The molecule has 2 N–H and O–H groups in total. The number of carboxylic acids is 1. The van der Waals surface area contributed by atoms with Crippen molar-refractivity contribution in [3.05, 3.63) is 59.7 Å². The highest BCUT2D eigenvalue weighted by molar-refractivity contribution is 5.86. The minimum absolute atomic E-state index is 0.0507. The minimum atomic E-state index is -0.850. The van der Waals surface area contributed by atoms with Crippen LogP contribution in [-0.2, 0) is 14.3 Å². The molecule has 2 aromatic carbocycles. The monoisotopic (exact) mass is 464 g/mol. The molecule has 2 aliphatic rings. The number of carboxylic acid groups (broad SMARTS) is 1. The Morgan fingerprint density at radius 3 is 2.26 bits per heavy atom. The molecule has 7 heteroatoms. The van der Waals surface area contributed by atoms with Crippen LogP contribution in [-0.4, -0.2) is 53.7 Å². The van der Waals surface area contributed by atoms with Gasteiger partial charge in [0.1, 0.15) is 12.6 Å². The molecule has 0 radical (unpaired) electrons. The van der Waals surface area contributed by atoms with Crippen molar-refractivity contribution in [2.75, 3.05) is 19.7 Å². The molecule has 0 saturated carbocycles. The summed E-state index contributed by atoms with van der Waals surface area (Å²) >= 11 is 0. The number of nitrogens with zero attached hydrogens (tertiary/aromatic N) is 1. The molecule has 4 rings (SSSR count). The number of carbonyl (C=O) groups is 3. The number of piperidine rings is 1. The standard InChI is InChI=1S/C27H32N2O5/c1-17(2)25(26(32)29-13-7-8-18(15-29)14-24(30)31)28-27(33)34-16-23-21-11-5-3-9-19(21)20-10-4-6-12-22(20)23/h3-6,9-12,17-18,23,25H,7-8,13-16H2,1-2H3,(H,28,33)(H,30,31)/t18?,25-/m0/s1. The third-order valence-corrected chi connectivity index (χ3v) is 6.84. The van der Waals surface area contributed by atoms with Gasteiger partial charge in [0, 0.05) is 25.4 Å². The zero-order chi connectivity index (χ0) is 24.2. The Morgan fingerprint density at radius 1 is 1.06 bits per heavy atom. The van der Waals surface area contributed by atoms with Crippen LogP contribution >= 0.6 is 0 Å². The van der Waals surface area contributed by atoms with Gasteiger partial charge in [-0.1, -0.05) is 62.4 Å². The third-order valence-electron chi connectivity index (χ3n) is 6.84. The van der Waals surface area contributed by atoms with Crippen molar-refractivity contribution in [3.8, 4) is 11.1 Å². The van der Waals surface area contributed by atoms with Gasteiger partial charge in [0.05, 0.1) is 0 Å². The summed E-state index contributed by atoms with van der Waals surface area (Å²) in [5, 5.41) is 11.9.